The van der Waals surface area contributed by atoms with Crippen LogP contribution in [0.15, 0.2) is 0 Å². The highest BCUT2D eigenvalue weighted by Crippen LogP contribution is 2.25. The van der Waals surface area contributed by atoms with E-state index < -0.39 is 0 Å². The smallest absolute Gasteiger partial charge is 0.149 e. The van der Waals surface area contributed by atoms with Crippen molar-refractivity contribution >= 4 is 5.78 Å². The molecule has 1 aliphatic carbocycles. The molecule has 1 unspecified atom stereocenters. The zero-order valence-corrected chi connectivity index (χ0v) is 9.58. The molecule has 0 spiro atoms. The maximum Gasteiger partial charge on any atom is 0.149 e. The van der Waals surface area contributed by atoms with E-state index >= 15 is 0 Å². The summed E-state index contributed by atoms with van der Waals surface area (Å²) in [5.41, 5.74) is 0. The number of carbonyl (C=O) groups is 1. The lowest BCUT2D eigenvalue weighted by molar-refractivity contribution is -0.125. The van der Waals surface area contributed by atoms with Crippen LogP contribution in [0.1, 0.15) is 32.6 Å². The summed E-state index contributed by atoms with van der Waals surface area (Å²) in [4.78, 5) is 14.2. The van der Waals surface area contributed by atoms with Gasteiger partial charge in [0.05, 0.1) is 19.3 Å². The first-order chi connectivity index (χ1) is 7.25. The lowest BCUT2D eigenvalue weighted by atomic mass is 10.0. The Kier molecular flexibility index (Phi) is 3.76. The van der Waals surface area contributed by atoms with E-state index in [4.69, 9.17) is 4.74 Å². The van der Waals surface area contributed by atoms with Gasteiger partial charge in [0.1, 0.15) is 5.78 Å². The SMILES string of the molecule is CC1CN(CC(=O)C2CCCC2)CCO1. The number of hydrogen-bond acceptors (Lipinski definition) is 3. The topological polar surface area (TPSA) is 29.5 Å². The molecule has 1 aliphatic heterocycles. The third kappa shape index (κ3) is 3.02. The van der Waals surface area contributed by atoms with Crippen LogP contribution in [0.2, 0.25) is 0 Å². The van der Waals surface area contributed by atoms with Gasteiger partial charge in [-0.1, -0.05) is 12.8 Å². The molecule has 0 radical (unpaired) electrons. The number of rotatable bonds is 3. The van der Waals surface area contributed by atoms with Crippen molar-refractivity contribution in [3.8, 4) is 0 Å². The fourth-order valence-corrected chi connectivity index (χ4v) is 2.63. The van der Waals surface area contributed by atoms with E-state index in [2.05, 4.69) is 11.8 Å². The van der Waals surface area contributed by atoms with Crippen molar-refractivity contribution in [1.82, 2.24) is 4.90 Å². The Morgan fingerprint density at radius 2 is 2.13 bits per heavy atom. The van der Waals surface area contributed by atoms with E-state index in [0.717, 1.165) is 32.5 Å². The van der Waals surface area contributed by atoms with Gasteiger partial charge in [0.2, 0.25) is 0 Å². The maximum atomic E-state index is 11.9. The minimum Gasteiger partial charge on any atom is -0.376 e. The van der Waals surface area contributed by atoms with Gasteiger partial charge in [0, 0.05) is 19.0 Å². The minimum absolute atomic E-state index is 0.287. The van der Waals surface area contributed by atoms with Gasteiger partial charge in [-0.25, -0.2) is 0 Å². The molecule has 2 rings (SSSR count). The first kappa shape index (κ1) is 11.1. The summed E-state index contributed by atoms with van der Waals surface area (Å²) >= 11 is 0. The van der Waals surface area contributed by atoms with Crippen LogP contribution in [0.25, 0.3) is 0 Å². The molecule has 86 valence electrons. The number of Topliss-reactive ketones (excluding diaryl/α,β-unsaturated/α-hetero) is 1. The first-order valence-electron chi connectivity index (χ1n) is 6.12. The van der Waals surface area contributed by atoms with E-state index in [0.29, 0.717) is 18.2 Å². The van der Waals surface area contributed by atoms with Crippen molar-refractivity contribution in [2.24, 2.45) is 5.92 Å². The maximum absolute atomic E-state index is 11.9. The Morgan fingerprint density at radius 1 is 1.40 bits per heavy atom. The second kappa shape index (κ2) is 5.08. The van der Waals surface area contributed by atoms with Crippen LogP contribution in [0.4, 0.5) is 0 Å². The first-order valence-corrected chi connectivity index (χ1v) is 6.12. The van der Waals surface area contributed by atoms with Gasteiger partial charge in [-0.15, -0.1) is 0 Å². The summed E-state index contributed by atoms with van der Waals surface area (Å²) in [6.07, 6.45) is 5.03. The Morgan fingerprint density at radius 3 is 2.80 bits per heavy atom. The zero-order valence-electron chi connectivity index (χ0n) is 9.58. The summed E-state index contributed by atoms with van der Waals surface area (Å²) in [7, 11) is 0. The summed E-state index contributed by atoms with van der Waals surface area (Å²) in [6.45, 7) is 5.34. The summed E-state index contributed by atoms with van der Waals surface area (Å²) in [6, 6.07) is 0. The highest BCUT2D eigenvalue weighted by Gasteiger charge is 2.25. The van der Waals surface area contributed by atoms with Crippen LogP contribution >= 0.6 is 0 Å². The van der Waals surface area contributed by atoms with E-state index in [1.807, 2.05) is 0 Å². The summed E-state index contributed by atoms with van der Waals surface area (Å²) in [5, 5.41) is 0. The van der Waals surface area contributed by atoms with Gasteiger partial charge in [0.15, 0.2) is 0 Å². The molecule has 15 heavy (non-hydrogen) atoms. The van der Waals surface area contributed by atoms with Gasteiger partial charge in [-0.2, -0.15) is 0 Å². The van der Waals surface area contributed by atoms with Gasteiger partial charge < -0.3 is 4.74 Å². The largest absolute Gasteiger partial charge is 0.376 e. The molecule has 3 nitrogen and oxygen atoms in total. The summed E-state index contributed by atoms with van der Waals surface area (Å²) < 4.78 is 5.46. The molecular weight excluding hydrogens is 190 g/mol. The molecular formula is C12H21NO2. The van der Waals surface area contributed by atoms with Gasteiger partial charge >= 0.3 is 0 Å². The molecule has 3 heteroatoms. The molecule has 1 atom stereocenters. The predicted octanol–water partition coefficient (Wildman–Crippen LogP) is 1.47. The average molecular weight is 211 g/mol. The van der Waals surface area contributed by atoms with Crippen LogP contribution in [0.5, 0.6) is 0 Å². The van der Waals surface area contributed by atoms with Crippen molar-refractivity contribution in [3.63, 3.8) is 0 Å². The number of hydrogen-bond donors (Lipinski definition) is 0. The van der Waals surface area contributed by atoms with E-state index in [-0.39, 0.29) is 6.10 Å². The van der Waals surface area contributed by atoms with Crippen LogP contribution in [-0.2, 0) is 9.53 Å². The van der Waals surface area contributed by atoms with Crippen LogP contribution in [0, 0.1) is 5.92 Å². The van der Waals surface area contributed by atoms with Crippen LogP contribution in [0.3, 0.4) is 0 Å². The van der Waals surface area contributed by atoms with E-state index in [9.17, 15) is 4.79 Å². The Labute approximate surface area is 91.8 Å². The Hall–Kier alpha value is -0.410. The highest BCUT2D eigenvalue weighted by atomic mass is 16.5. The molecule has 1 saturated heterocycles. The quantitative estimate of drug-likeness (QED) is 0.708. The van der Waals surface area contributed by atoms with E-state index in [1.54, 1.807) is 0 Å². The number of ether oxygens (including phenoxy) is 1. The van der Waals surface area contributed by atoms with Gasteiger partial charge in [-0.05, 0) is 19.8 Å². The van der Waals surface area contributed by atoms with Crippen molar-refractivity contribution in [3.05, 3.63) is 0 Å². The third-order valence-electron chi connectivity index (χ3n) is 3.52. The van der Waals surface area contributed by atoms with Crippen LogP contribution < -0.4 is 0 Å². The monoisotopic (exact) mass is 211 g/mol. The number of nitrogens with zero attached hydrogens (tertiary/aromatic N) is 1. The summed E-state index contributed by atoms with van der Waals surface area (Å²) in [5.74, 6) is 0.824. The molecule has 1 heterocycles. The molecule has 2 fully saturated rings. The fourth-order valence-electron chi connectivity index (χ4n) is 2.63. The molecule has 1 saturated carbocycles. The van der Waals surface area contributed by atoms with Crippen molar-refractivity contribution < 1.29 is 9.53 Å². The zero-order chi connectivity index (χ0) is 10.7. The average Bonchev–Trinajstić information content (AvgIpc) is 2.70. The lowest BCUT2D eigenvalue weighted by Crippen LogP contribution is -2.44. The molecule has 0 aromatic heterocycles. The molecule has 0 bridgehead atoms. The standard InChI is InChI=1S/C12H21NO2/c1-10-8-13(6-7-15-10)9-12(14)11-4-2-3-5-11/h10-11H,2-9H2,1H3. The molecule has 2 aliphatic rings. The molecule has 0 amide bonds. The molecule has 0 aromatic rings. The number of carbonyl (C=O) groups excluding carboxylic acids is 1. The number of ketones is 1. The minimum atomic E-state index is 0.287. The normalized spacial score (nSPS) is 29.5. The van der Waals surface area contributed by atoms with E-state index in [1.165, 1.54) is 12.8 Å². The van der Waals surface area contributed by atoms with Gasteiger partial charge in [-0.3, -0.25) is 9.69 Å². The number of morpholine rings is 1. The Bertz CT molecular complexity index is 224. The second-order valence-corrected chi connectivity index (χ2v) is 4.86. The van der Waals surface area contributed by atoms with Crippen molar-refractivity contribution in [2.75, 3.05) is 26.2 Å². The van der Waals surface area contributed by atoms with Crippen molar-refractivity contribution in [1.29, 1.82) is 0 Å². The van der Waals surface area contributed by atoms with Gasteiger partial charge in [0.25, 0.3) is 0 Å². The predicted molar refractivity (Wildman–Crippen MR) is 58.8 cm³/mol. The molecule has 0 aromatic carbocycles. The van der Waals surface area contributed by atoms with Crippen molar-refractivity contribution in [2.45, 2.75) is 38.7 Å². The fraction of sp³-hybridized carbons (Fsp3) is 0.917. The molecule has 0 N–H and O–H groups in total. The second-order valence-electron chi connectivity index (χ2n) is 4.86. The Balaban J connectivity index is 1.77. The van der Waals surface area contributed by atoms with Crippen LogP contribution in [-0.4, -0.2) is 43.0 Å². The highest BCUT2D eigenvalue weighted by molar-refractivity contribution is 5.83. The lowest BCUT2D eigenvalue weighted by Gasteiger charge is -2.31. The third-order valence-corrected chi connectivity index (χ3v) is 3.52.